The zero-order valence-corrected chi connectivity index (χ0v) is 16.5. The molecule has 0 fully saturated rings. The molecule has 5 rings (SSSR count). The Morgan fingerprint density at radius 3 is 2.80 bits per heavy atom. The first-order valence-electron chi connectivity index (χ1n) is 9.27. The Labute approximate surface area is 176 Å². The van der Waals surface area contributed by atoms with Crippen LogP contribution in [0.25, 0.3) is 11.5 Å². The third kappa shape index (κ3) is 3.92. The lowest BCUT2D eigenvalue weighted by Gasteiger charge is -2.28. The highest BCUT2D eigenvalue weighted by atomic mass is 32.2. The molecule has 1 aliphatic rings. The minimum atomic E-state index is -0.534. The number of aromatic nitrogens is 3. The number of hydrogen-bond acceptors (Lipinski definition) is 7. The fraction of sp³-hybridized carbons (Fsp3) is 0.136. The minimum absolute atomic E-state index is 0.274. The number of rotatable bonds is 5. The number of pyridine rings is 1. The number of benzene rings is 2. The van der Waals surface area contributed by atoms with Gasteiger partial charge in [-0.05, 0) is 24.3 Å². The molecule has 0 amide bonds. The zero-order chi connectivity index (χ0) is 20.3. The van der Waals surface area contributed by atoms with E-state index in [1.165, 1.54) is 23.9 Å². The van der Waals surface area contributed by atoms with Crippen molar-refractivity contribution in [1.29, 1.82) is 0 Å². The van der Waals surface area contributed by atoms with Crippen molar-refractivity contribution in [3.05, 3.63) is 89.5 Å². The number of thioether (sulfide) groups is 1. The molecule has 0 saturated heterocycles. The van der Waals surface area contributed by atoms with Crippen LogP contribution in [0.5, 0.6) is 5.75 Å². The van der Waals surface area contributed by atoms with Gasteiger partial charge in [0.05, 0.1) is 12.2 Å². The second-order valence-corrected chi connectivity index (χ2v) is 7.55. The Morgan fingerprint density at radius 2 is 1.97 bits per heavy atom. The maximum Gasteiger partial charge on any atom is 0.277 e. The Hall–Kier alpha value is -3.23. The Morgan fingerprint density at radius 1 is 1.07 bits per heavy atom. The van der Waals surface area contributed by atoms with E-state index in [1.807, 2.05) is 36.4 Å². The SMILES string of the molecule is Fc1cc2c(c(CSc3nnc(-c4cccnc4)o3)c1)O[C@H](c1ccccc1)OC2. The van der Waals surface area contributed by atoms with E-state index in [0.29, 0.717) is 33.7 Å². The summed E-state index contributed by atoms with van der Waals surface area (Å²) >= 11 is 1.32. The largest absolute Gasteiger partial charge is 0.460 e. The summed E-state index contributed by atoms with van der Waals surface area (Å²) in [5.41, 5.74) is 3.04. The molecule has 0 unspecified atom stereocenters. The van der Waals surface area contributed by atoms with Crippen LogP contribution in [0.15, 0.2) is 76.6 Å². The van der Waals surface area contributed by atoms with E-state index < -0.39 is 6.29 Å². The topological polar surface area (TPSA) is 70.3 Å². The van der Waals surface area contributed by atoms with Crippen molar-refractivity contribution < 1.29 is 18.3 Å². The second kappa shape index (κ2) is 8.25. The number of ether oxygens (including phenoxy) is 2. The third-order valence-corrected chi connectivity index (χ3v) is 5.43. The predicted molar refractivity (Wildman–Crippen MR) is 108 cm³/mol. The Bertz CT molecular complexity index is 1160. The van der Waals surface area contributed by atoms with Gasteiger partial charge in [0.2, 0.25) is 12.2 Å². The molecule has 0 N–H and O–H groups in total. The van der Waals surface area contributed by atoms with Crippen molar-refractivity contribution >= 4 is 11.8 Å². The van der Waals surface area contributed by atoms with Gasteiger partial charge >= 0.3 is 0 Å². The van der Waals surface area contributed by atoms with Crippen molar-refractivity contribution in [3.8, 4) is 17.2 Å². The van der Waals surface area contributed by atoms with E-state index in [-0.39, 0.29) is 12.4 Å². The first-order valence-corrected chi connectivity index (χ1v) is 10.3. The molecule has 2 aromatic carbocycles. The quantitative estimate of drug-likeness (QED) is 0.412. The first kappa shape index (κ1) is 18.8. The van der Waals surface area contributed by atoms with E-state index in [0.717, 1.165) is 11.1 Å². The number of nitrogens with zero attached hydrogens (tertiary/aromatic N) is 3. The molecule has 1 aliphatic heterocycles. The average molecular weight is 421 g/mol. The van der Waals surface area contributed by atoms with Crippen LogP contribution in [0.1, 0.15) is 23.0 Å². The van der Waals surface area contributed by atoms with Gasteiger partial charge < -0.3 is 13.9 Å². The van der Waals surface area contributed by atoms with Crippen molar-refractivity contribution in [2.45, 2.75) is 23.9 Å². The molecular weight excluding hydrogens is 405 g/mol. The minimum Gasteiger partial charge on any atom is -0.460 e. The van der Waals surface area contributed by atoms with E-state index in [4.69, 9.17) is 13.9 Å². The smallest absolute Gasteiger partial charge is 0.277 e. The number of hydrogen-bond donors (Lipinski definition) is 0. The maximum absolute atomic E-state index is 14.1. The highest BCUT2D eigenvalue weighted by Gasteiger charge is 2.25. The molecule has 0 saturated carbocycles. The van der Waals surface area contributed by atoms with E-state index in [1.54, 1.807) is 18.5 Å². The summed E-state index contributed by atoms with van der Waals surface area (Å²) in [5, 5.41) is 8.50. The van der Waals surface area contributed by atoms with Crippen LogP contribution in [0.3, 0.4) is 0 Å². The van der Waals surface area contributed by atoms with Gasteiger partial charge in [-0.2, -0.15) is 0 Å². The molecule has 0 aliphatic carbocycles. The van der Waals surface area contributed by atoms with Crippen LogP contribution >= 0.6 is 11.8 Å². The van der Waals surface area contributed by atoms with Gasteiger partial charge in [-0.1, -0.05) is 42.1 Å². The molecule has 150 valence electrons. The normalized spacial score (nSPS) is 15.4. The molecule has 8 heteroatoms. The summed E-state index contributed by atoms with van der Waals surface area (Å²) in [6.07, 6.45) is 2.80. The average Bonchev–Trinajstić information content (AvgIpc) is 3.27. The molecular formula is C22H16FN3O3S. The molecule has 0 radical (unpaired) electrons. The molecule has 30 heavy (non-hydrogen) atoms. The molecule has 6 nitrogen and oxygen atoms in total. The summed E-state index contributed by atoms with van der Waals surface area (Å²) in [6.45, 7) is 0.274. The van der Waals surface area contributed by atoms with Gasteiger partial charge in [0.25, 0.3) is 5.22 Å². The highest BCUT2D eigenvalue weighted by molar-refractivity contribution is 7.98. The predicted octanol–water partition coefficient (Wildman–Crippen LogP) is 5.17. The summed E-state index contributed by atoms with van der Waals surface area (Å²) in [6, 6.07) is 16.2. The van der Waals surface area contributed by atoms with Gasteiger partial charge in [-0.3, -0.25) is 4.98 Å². The van der Waals surface area contributed by atoms with Crippen LogP contribution in [-0.4, -0.2) is 15.2 Å². The fourth-order valence-electron chi connectivity index (χ4n) is 3.17. The number of fused-ring (bicyclic) bond motifs is 1. The van der Waals surface area contributed by atoms with Gasteiger partial charge in [-0.15, -0.1) is 10.2 Å². The molecule has 2 aromatic heterocycles. The lowest BCUT2D eigenvalue weighted by molar-refractivity contribution is -0.112. The molecule has 4 aromatic rings. The van der Waals surface area contributed by atoms with Crippen molar-refractivity contribution in [2.24, 2.45) is 0 Å². The van der Waals surface area contributed by atoms with Crippen molar-refractivity contribution in [2.75, 3.05) is 0 Å². The van der Waals surface area contributed by atoms with E-state index >= 15 is 0 Å². The summed E-state index contributed by atoms with van der Waals surface area (Å²) in [7, 11) is 0. The third-order valence-electron chi connectivity index (χ3n) is 4.56. The van der Waals surface area contributed by atoms with E-state index in [2.05, 4.69) is 15.2 Å². The van der Waals surface area contributed by atoms with Gasteiger partial charge in [-0.25, -0.2) is 4.39 Å². The summed E-state index contributed by atoms with van der Waals surface area (Å²) in [5.74, 6) is 1.10. The highest BCUT2D eigenvalue weighted by Crippen LogP contribution is 2.39. The van der Waals surface area contributed by atoms with Crippen molar-refractivity contribution in [1.82, 2.24) is 15.2 Å². The number of halogens is 1. The van der Waals surface area contributed by atoms with Crippen LogP contribution in [0, 0.1) is 5.82 Å². The van der Waals surface area contributed by atoms with Crippen LogP contribution in [0.4, 0.5) is 4.39 Å². The zero-order valence-electron chi connectivity index (χ0n) is 15.7. The van der Waals surface area contributed by atoms with Gasteiger partial charge in [0.1, 0.15) is 11.6 Å². The lowest BCUT2D eigenvalue weighted by Crippen LogP contribution is -2.19. The second-order valence-electron chi connectivity index (χ2n) is 6.63. The van der Waals surface area contributed by atoms with Crippen LogP contribution in [-0.2, 0) is 17.1 Å². The van der Waals surface area contributed by atoms with E-state index in [9.17, 15) is 4.39 Å². The van der Waals surface area contributed by atoms with Crippen LogP contribution < -0.4 is 4.74 Å². The molecule has 3 heterocycles. The standard InChI is InChI=1S/C22H16FN3O3S/c23-18-9-16-12-27-21(14-5-2-1-3-6-14)28-19(16)17(10-18)13-30-22-26-25-20(29-22)15-7-4-8-24-11-15/h1-11,21H,12-13H2/t21-/m1/s1. The van der Waals surface area contributed by atoms with Crippen molar-refractivity contribution in [3.63, 3.8) is 0 Å². The lowest BCUT2D eigenvalue weighted by atomic mass is 10.1. The Kier molecular flexibility index (Phi) is 5.17. The fourth-order valence-corrected chi connectivity index (χ4v) is 3.90. The molecule has 0 bridgehead atoms. The summed E-state index contributed by atoms with van der Waals surface area (Å²) < 4.78 is 31.7. The maximum atomic E-state index is 14.1. The molecule has 1 atom stereocenters. The Balaban J connectivity index is 1.36. The van der Waals surface area contributed by atoms with Gasteiger partial charge in [0.15, 0.2) is 0 Å². The first-order chi connectivity index (χ1) is 14.8. The monoisotopic (exact) mass is 421 g/mol. The molecule has 0 spiro atoms. The summed E-state index contributed by atoms with van der Waals surface area (Å²) in [4.78, 5) is 4.05. The van der Waals surface area contributed by atoms with Gasteiger partial charge in [0, 0.05) is 34.8 Å². The van der Waals surface area contributed by atoms with Crippen LogP contribution in [0.2, 0.25) is 0 Å².